The second kappa shape index (κ2) is 5.24. The van der Waals surface area contributed by atoms with Crippen molar-refractivity contribution in [3.05, 3.63) is 0 Å². The van der Waals surface area contributed by atoms with E-state index in [1.807, 2.05) is 34.6 Å². The molecule has 3 unspecified atom stereocenters. The van der Waals surface area contributed by atoms with Crippen molar-refractivity contribution >= 4 is 11.8 Å². The number of piperazine rings is 1. The zero-order valence-electron chi connectivity index (χ0n) is 12.7. The van der Waals surface area contributed by atoms with Gasteiger partial charge in [0.15, 0.2) is 0 Å². The smallest absolute Gasteiger partial charge is 0.247 e. The molecule has 0 aromatic heterocycles. The minimum atomic E-state index is -0.522. The number of nitrogens with one attached hydrogen (secondary N) is 1. The van der Waals surface area contributed by atoms with Crippen LogP contribution in [0.15, 0.2) is 0 Å². The van der Waals surface area contributed by atoms with Gasteiger partial charge in [-0.15, -0.1) is 6.42 Å². The third-order valence-corrected chi connectivity index (χ3v) is 3.51. The van der Waals surface area contributed by atoms with E-state index in [2.05, 4.69) is 11.2 Å². The Hall–Kier alpha value is -1.50. The van der Waals surface area contributed by atoms with Crippen LogP contribution in [0.5, 0.6) is 0 Å². The second-order valence-corrected chi connectivity index (χ2v) is 6.58. The first kappa shape index (κ1) is 15.6. The Morgan fingerprint density at radius 1 is 1.26 bits per heavy atom. The molecule has 0 spiro atoms. The van der Waals surface area contributed by atoms with Gasteiger partial charge in [-0.1, -0.05) is 40.5 Å². The summed E-state index contributed by atoms with van der Waals surface area (Å²) in [6.45, 7) is 11.4. The van der Waals surface area contributed by atoms with Gasteiger partial charge >= 0.3 is 0 Å². The first-order valence-electron chi connectivity index (χ1n) is 6.70. The molecular formula is C15H24N2O2. The number of terminal acetylenes is 1. The highest BCUT2D eigenvalue weighted by Gasteiger charge is 2.47. The van der Waals surface area contributed by atoms with Gasteiger partial charge < -0.3 is 10.2 Å². The van der Waals surface area contributed by atoms with Gasteiger partial charge in [-0.05, 0) is 18.3 Å². The topological polar surface area (TPSA) is 49.4 Å². The van der Waals surface area contributed by atoms with Crippen LogP contribution in [0.25, 0.3) is 0 Å². The standard InChI is InChI=1S/C15H24N2O2/c1-8-10(4)17-11(9(2)3)13(18)16-12(14(17)19)15(5,6)7/h1,9-12H,2-7H3,(H,16,18). The SMILES string of the molecule is C#CC(C)N1C(=O)C(C(C)(C)C)NC(=O)C1C(C)C. The van der Waals surface area contributed by atoms with E-state index in [9.17, 15) is 9.59 Å². The highest BCUT2D eigenvalue weighted by atomic mass is 16.2. The lowest BCUT2D eigenvalue weighted by Gasteiger charge is -2.46. The molecular weight excluding hydrogens is 240 g/mol. The summed E-state index contributed by atoms with van der Waals surface area (Å²) < 4.78 is 0. The van der Waals surface area contributed by atoms with E-state index in [1.165, 1.54) is 0 Å². The van der Waals surface area contributed by atoms with Crippen LogP contribution in [-0.2, 0) is 9.59 Å². The fraction of sp³-hybridized carbons (Fsp3) is 0.733. The van der Waals surface area contributed by atoms with Gasteiger partial charge in [0.05, 0.1) is 6.04 Å². The lowest BCUT2D eigenvalue weighted by Crippen LogP contribution is -2.69. The second-order valence-electron chi connectivity index (χ2n) is 6.58. The summed E-state index contributed by atoms with van der Waals surface area (Å²) in [7, 11) is 0. The maximum absolute atomic E-state index is 12.6. The van der Waals surface area contributed by atoms with E-state index < -0.39 is 12.1 Å². The monoisotopic (exact) mass is 264 g/mol. The van der Waals surface area contributed by atoms with Crippen molar-refractivity contribution in [1.29, 1.82) is 0 Å². The molecule has 1 fully saturated rings. The van der Waals surface area contributed by atoms with Gasteiger partial charge in [-0.2, -0.15) is 0 Å². The molecule has 19 heavy (non-hydrogen) atoms. The Bertz CT molecular complexity index is 415. The number of carbonyl (C=O) groups excluding carboxylic acids is 2. The molecule has 0 radical (unpaired) electrons. The zero-order chi connectivity index (χ0) is 15.0. The minimum Gasteiger partial charge on any atom is -0.342 e. The van der Waals surface area contributed by atoms with E-state index in [4.69, 9.17) is 6.42 Å². The summed E-state index contributed by atoms with van der Waals surface area (Å²) in [5, 5.41) is 2.85. The molecule has 1 saturated heterocycles. The molecule has 0 bridgehead atoms. The van der Waals surface area contributed by atoms with Gasteiger partial charge in [0.25, 0.3) is 0 Å². The molecule has 4 heteroatoms. The number of rotatable bonds is 2. The van der Waals surface area contributed by atoms with Crippen LogP contribution >= 0.6 is 0 Å². The van der Waals surface area contributed by atoms with Crippen LogP contribution in [0.1, 0.15) is 41.5 Å². The molecule has 1 heterocycles. The largest absolute Gasteiger partial charge is 0.342 e. The molecule has 1 aliphatic rings. The van der Waals surface area contributed by atoms with Crippen LogP contribution in [0.4, 0.5) is 0 Å². The average molecular weight is 264 g/mol. The predicted octanol–water partition coefficient (Wildman–Crippen LogP) is 1.41. The number of amides is 2. The first-order chi connectivity index (χ1) is 8.61. The molecule has 1 rings (SSSR count). The third kappa shape index (κ3) is 2.91. The van der Waals surface area contributed by atoms with Crippen LogP contribution < -0.4 is 5.32 Å². The van der Waals surface area contributed by atoms with E-state index in [-0.39, 0.29) is 29.2 Å². The van der Waals surface area contributed by atoms with Crippen molar-refractivity contribution in [2.75, 3.05) is 0 Å². The van der Waals surface area contributed by atoms with Crippen molar-refractivity contribution in [2.45, 2.75) is 59.7 Å². The van der Waals surface area contributed by atoms with Crippen LogP contribution in [0.2, 0.25) is 0 Å². The molecule has 1 N–H and O–H groups in total. The summed E-state index contributed by atoms with van der Waals surface area (Å²) in [5.41, 5.74) is -0.332. The third-order valence-electron chi connectivity index (χ3n) is 3.51. The van der Waals surface area contributed by atoms with Gasteiger partial charge in [0.2, 0.25) is 11.8 Å². The number of hydrogen-bond acceptors (Lipinski definition) is 2. The van der Waals surface area contributed by atoms with Gasteiger partial charge in [-0.25, -0.2) is 0 Å². The maximum Gasteiger partial charge on any atom is 0.247 e. The Kier molecular flexibility index (Phi) is 4.29. The normalized spacial score (nSPS) is 26.1. The van der Waals surface area contributed by atoms with Crippen LogP contribution in [0.3, 0.4) is 0 Å². The number of hydrogen-bond donors (Lipinski definition) is 1. The molecule has 0 aromatic carbocycles. The molecule has 2 amide bonds. The molecule has 106 valence electrons. The lowest BCUT2D eigenvalue weighted by atomic mass is 9.82. The molecule has 3 atom stereocenters. The summed E-state index contributed by atoms with van der Waals surface area (Å²) in [6, 6.07) is -1.39. The molecule has 4 nitrogen and oxygen atoms in total. The Morgan fingerprint density at radius 2 is 1.79 bits per heavy atom. The Morgan fingerprint density at radius 3 is 2.16 bits per heavy atom. The highest BCUT2D eigenvalue weighted by Crippen LogP contribution is 2.28. The van der Waals surface area contributed by atoms with Crippen molar-refractivity contribution in [1.82, 2.24) is 10.2 Å². The van der Waals surface area contributed by atoms with Gasteiger partial charge in [0.1, 0.15) is 12.1 Å². The van der Waals surface area contributed by atoms with Crippen LogP contribution in [-0.4, -0.2) is 34.8 Å². The molecule has 1 aliphatic heterocycles. The quantitative estimate of drug-likeness (QED) is 0.767. The van der Waals surface area contributed by atoms with E-state index in [1.54, 1.807) is 11.8 Å². The molecule has 0 saturated carbocycles. The number of nitrogens with zero attached hydrogens (tertiary/aromatic N) is 1. The minimum absolute atomic E-state index is 0.0284. The van der Waals surface area contributed by atoms with Crippen molar-refractivity contribution < 1.29 is 9.59 Å². The fourth-order valence-corrected chi connectivity index (χ4v) is 2.42. The molecule has 0 aromatic rings. The average Bonchev–Trinajstić information content (AvgIpc) is 2.28. The maximum atomic E-state index is 12.6. The van der Waals surface area contributed by atoms with E-state index in [0.29, 0.717) is 0 Å². The predicted molar refractivity (Wildman–Crippen MR) is 75.2 cm³/mol. The number of carbonyl (C=O) groups is 2. The first-order valence-corrected chi connectivity index (χ1v) is 6.70. The zero-order valence-corrected chi connectivity index (χ0v) is 12.7. The molecule has 0 aliphatic carbocycles. The van der Waals surface area contributed by atoms with Crippen molar-refractivity contribution in [2.24, 2.45) is 11.3 Å². The van der Waals surface area contributed by atoms with E-state index >= 15 is 0 Å². The summed E-state index contributed by atoms with van der Waals surface area (Å²) in [6.07, 6.45) is 5.45. The van der Waals surface area contributed by atoms with Gasteiger partial charge in [0, 0.05) is 0 Å². The summed E-state index contributed by atoms with van der Waals surface area (Å²) in [4.78, 5) is 26.5. The van der Waals surface area contributed by atoms with E-state index in [0.717, 1.165) is 0 Å². The lowest BCUT2D eigenvalue weighted by molar-refractivity contribution is -0.155. The summed E-state index contributed by atoms with van der Waals surface area (Å²) >= 11 is 0. The Balaban J connectivity index is 3.21. The highest BCUT2D eigenvalue weighted by molar-refractivity contribution is 5.98. The van der Waals surface area contributed by atoms with Crippen molar-refractivity contribution in [3.8, 4) is 12.3 Å². The van der Waals surface area contributed by atoms with Gasteiger partial charge in [-0.3, -0.25) is 9.59 Å². The Labute approximate surface area is 115 Å². The van der Waals surface area contributed by atoms with Crippen molar-refractivity contribution in [3.63, 3.8) is 0 Å². The summed E-state index contributed by atoms with van der Waals surface area (Å²) in [5.74, 6) is 2.39. The van der Waals surface area contributed by atoms with Crippen LogP contribution in [0, 0.1) is 23.7 Å². The fourth-order valence-electron chi connectivity index (χ4n) is 2.42.